The number of hydrogen-bond donors (Lipinski definition) is 1. The summed E-state index contributed by atoms with van der Waals surface area (Å²) in [6.07, 6.45) is 2.58. The van der Waals surface area contributed by atoms with Crippen LogP contribution in [0.15, 0.2) is 0 Å². The Labute approximate surface area is 65.6 Å². The van der Waals surface area contributed by atoms with E-state index in [-0.39, 0.29) is 0 Å². The molecule has 0 saturated heterocycles. The van der Waals surface area contributed by atoms with Crippen molar-refractivity contribution in [1.82, 2.24) is 0 Å². The van der Waals surface area contributed by atoms with Gasteiger partial charge in [-0.25, -0.2) is 0 Å². The van der Waals surface area contributed by atoms with Gasteiger partial charge in [0.25, 0.3) is 0 Å². The van der Waals surface area contributed by atoms with Crippen LogP contribution in [-0.2, 0) is 4.79 Å². The molecule has 60 valence electrons. The Morgan fingerprint density at radius 3 is 2.45 bits per heavy atom. The molecule has 11 heavy (non-hydrogen) atoms. The highest BCUT2D eigenvalue weighted by Crippen LogP contribution is 2.39. The molecular formula is C8H11NO2. The highest BCUT2D eigenvalue weighted by Gasteiger charge is 2.40. The van der Waals surface area contributed by atoms with Crippen molar-refractivity contribution in [3.63, 3.8) is 0 Å². The van der Waals surface area contributed by atoms with E-state index >= 15 is 0 Å². The van der Waals surface area contributed by atoms with Crippen molar-refractivity contribution >= 4 is 6.29 Å². The van der Waals surface area contributed by atoms with Gasteiger partial charge in [-0.3, -0.25) is 0 Å². The van der Waals surface area contributed by atoms with Crippen LogP contribution in [0.25, 0.3) is 0 Å². The van der Waals surface area contributed by atoms with Crippen LogP contribution in [0.3, 0.4) is 0 Å². The van der Waals surface area contributed by atoms with Crippen LogP contribution in [0.1, 0.15) is 25.7 Å². The standard InChI is InChI=1S/C8H11NO2/c9-6-8(7(11)5-10)3-1-2-4-8/h5,7,11H,1-4H2. The molecule has 0 amide bonds. The molecule has 0 bridgehead atoms. The van der Waals surface area contributed by atoms with Crippen LogP contribution in [0.5, 0.6) is 0 Å². The van der Waals surface area contributed by atoms with Crippen molar-refractivity contribution in [1.29, 1.82) is 5.26 Å². The van der Waals surface area contributed by atoms with E-state index in [1.165, 1.54) is 0 Å². The van der Waals surface area contributed by atoms with Crippen LogP contribution in [0, 0.1) is 16.7 Å². The number of aldehydes is 1. The fourth-order valence-electron chi connectivity index (χ4n) is 1.61. The first-order valence-corrected chi connectivity index (χ1v) is 3.80. The number of nitrogens with zero attached hydrogens (tertiary/aromatic N) is 1. The second-order valence-corrected chi connectivity index (χ2v) is 3.06. The van der Waals surface area contributed by atoms with Gasteiger partial charge in [0.2, 0.25) is 0 Å². The largest absolute Gasteiger partial charge is 0.384 e. The van der Waals surface area contributed by atoms with Gasteiger partial charge in [-0.05, 0) is 12.8 Å². The number of carbonyl (C=O) groups is 1. The van der Waals surface area contributed by atoms with Crippen molar-refractivity contribution in [3.05, 3.63) is 0 Å². The second kappa shape index (κ2) is 3.02. The molecule has 0 aliphatic heterocycles. The van der Waals surface area contributed by atoms with Gasteiger partial charge in [0, 0.05) is 0 Å². The lowest BCUT2D eigenvalue weighted by Crippen LogP contribution is -2.32. The first-order valence-electron chi connectivity index (χ1n) is 3.80. The van der Waals surface area contributed by atoms with Crippen molar-refractivity contribution in [2.24, 2.45) is 5.41 Å². The zero-order valence-electron chi connectivity index (χ0n) is 6.29. The number of aliphatic hydroxyl groups is 1. The SMILES string of the molecule is N#CC1(C(O)C=O)CCCC1. The van der Waals surface area contributed by atoms with E-state index in [4.69, 9.17) is 5.26 Å². The number of rotatable bonds is 2. The van der Waals surface area contributed by atoms with Crippen LogP contribution in [-0.4, -0.2) is 17.5 Å². The number of hydrogen-bond acceptors (Lipinski definition) is 3. The smallest absolute Gasteiger partial charge is 0.150 e. The van der Waals surface area contributed by atoms with Crippen LogP contribution in [0.4, 0.5) is 0 Å². The summed E-state index contributed by atoms with van der Waals surface area (Å²) in [5.74, 6) is 0. The second-order valence-electron chi connectivity index (χ2n) is 3.06. The normalized spacial score (nSPS) is 24.0. The molecule has 1 rings (SSSR count). The van der Waals surface area contributed by atoms with E-state index in [0.29, 0.717) is 19.1 Å². The molecule has 1 saturated carbocycles. The van der Waals surface area contributed by atoms with E-state index in [9.17, 15) is 9.90 Å². The molecule has 0 heterocycles. The Kier molecular flexibility index (Phi) is 2.25. The van der Waals surface area contributed by atoms with Crippen molar-refractivity contribution in [3.8, 4) is 6.07 Å². The molecule has 0 radical (unpaired) electrons. The highest BCUT2D eigenvalue weighted by atomic mass is 16.3. The van der Waals surface area contributed by atoms with Gasteiger partial charge in [-0.1, -0.05) is 12.8 Å². The average molecular weight is 153 g/mol. The van der Waals surface area contributed by atoms with Crippen molar-refractivity contribution in [2.45, 2.75) is 31.8 Å². The quantitative estimate of drug-likeness (QED) is 0.592. The minimum atomic E-state index is -1.09. The van der Waals surface area contributed by atoms with Crippen LogP contribution < -0.4 is 0 Å². The summed E-state index contributed by atoms with van der Waals surface area (Å²) >= 11 is 0. The Balaban J connectivity index is 2.76. The zero-order chi connectivity index (χ0) is 8.32. The highest BCUT2D eigenvalue weighted by molar-refractivity contribution is 5.58. The van der Waals surface area contributed by atoms with Gasteiger partial charge >= 0.3 is 0 Å². The Morgan fingerprint density at radius 2 is 2.09 bits per heavy atom. The number of carbonyl (C=O) groups excluding carboxylic acids is 1. The lowest BCUT2D eigenvalue weighted by atomic mass is 9.83. The van der Waals surface area contributed by atoms with Gasteiger partial charge in [-0.15, -0.1) is 0 Å². The molecule has 1 aliphatic rings. The van der Waals surface area contributed by atoms with E-state index < -0.39 is 11.5 Å². The number of aliphatic hydroxyl groups excluding tert-OH is 1. The minimum Gasteiger partial charge on any atom is -0.384 e. The van der Waals surface area contributed by atoms with E-state index in [1.807, 2.05) is 6.07 Å². The van der Waals surface area contributed by atoms with Crippen molar-refractivity contribution < 1.29 is 9.90 Å². The van der Waals surface area contributed by atoms with Gasteiger partial charge < -0.3 is 9.90 Å². The first kappa shape index (κ1) is 8.22. The molecule has 1 fully saturated rings. The molecule has 3 nitrogen and oxygen atoms in total. The third-order valence-electron chi connectivity index (χ3n) is 2.41. The molecule has 0 aromatic carbocycles. The molecular weight excluding hydrogens is 142 g/mol. The van der Waals surface area contributed by atoms with Crippen molar-refractivity contribution in [2.75, 3.05) is 0 Å². The fourth-order valence-corrected chi connectivity index (χ4v) is 1.61. The predicted molar refractivity (Wildman–Crippen MR) is 38.6 cm³/mol. The summed E-state index contributed by atoms with van der Waals surface area (Å²) in [5.41, 5.74) is -0.762. The summed E-state index contributed by atoms with van der Waals surface area (Å²) in [5, 5.41) is 18.0. The lowest BCUT2D eigenvalue weighted by molar-refractivity contribution is -0.119. The first-order chi connectivity index (χ1) is 5.25. The molecule has 1 aliphatic carbocycles. The van der Waals surface area contributed by atoms with E-state index in [2.05, 4.69) is 0 Å². The monoisotopic (exact) mass is 153 g/mol. The minimum absolute atomic E-state index is 0.467. The average Bonchev–Trinajstić information content (AvgIpc) is 2.52. The third-order valence-corrected chi connectivity index (χ3v) is 2.41. The summed E-state index contributed by atoms with van der Waals surface area (Å²) in [4.78, 5) is 10.3. The molecule has 0 aromatic rings. The molecule has 0 spiro atoms. The van der Waals surface area contributed by atoms with Crippen LogP contribution >= 0.6 is 0 Å². The Bertz CT molecular complexity index is 189. The topological polar surface area (TPSA) is 61.1 Å². The van der Waals surface area contributed by atoms with Gasteiger partial charge in [-0.2, -0.15) is 5.26 Å². The molecule has 3 heteroatoms. The van der Waals surface area contributed by atoms with Crippen LogP contribution in [0.2, 0.25) is 0 Å². The van der Waals surface area contributed by atoms with Gasteiger partial charge in [0.1, 0.15) is 12.4 Å². The zero-order valence-corrected chi connectivity index (χ0v) is 6.29. The predicted octanol–water partition coefficient (Wildman–Crippen LogP) is 0.630. The molecule has 1 unspecified atom stereocenters. The number of nitriles is 1. The summed E-state index contributed by atoms with van der Waals surface area (Å²) < 4.78 is 0. The van der Waals surface area contributed by atoms with Gasteiger partial charge in [0.05, 0.1) is 11.5 Å². The maximum absolute atomic E-state index is 10.3. The maximum Gasteiger partial charge on any atom is 0.150 e. The molecule has 1 atom stereocenters. The summed E-state index contributed by atoms with van der Waals surface area (Å²) in [7, 11) is 0. The third kappa shape index (κ3) is 1.26. The fraction of sp³-hybridized carbons (Fsp3) is 0.750. The summed E-state index contributed by atoms with van der Waals surface area (Å²) in [6.45, 7) is 0. The van der Waals surface area contributed by atoms with Gasteiger partial charge in [0.15, 0.2) is 0 Å². The van der Waals surface area contributed by atoms with E-state index in [0.717, 1.165) is 12.8 Å². The molecule has 1 N–H and O–H groups in total. The maximum atomic E-state index is 10.3. The van der Waals surface area contributed by atoms with E-state index in [1.54, 1.807) is 0 Å². The summed E-state index contributed by atoms with van der Waals surface area (Å²) in [6, 6.07) is 2.05. The molecule has 0 aromatic heterocycles. The Hall–Kier alpha value is -0.880. The Morgan fingerprint density at radius 1 is 1.55 bits per heavy atom. The lowest BCUT2D eigenvalue weighted by Gasteiger charge is -2.21.